The number of hydrogen-bond donors (Lipinski definition) is 1. The average molecular weight is 269 g/mol. The van der Waals surface area contributed by atoms with Gasteiger partial charge >= 0.3 is 0 Å². The van der Waals surface area contributed by atoms with E-state index in [9.17, 15) is 0 Å². The third-order valence-corrected chi connectivity index (χ3v) is 4.14. The molecule has 1 heterocycles. The molecule has 0 unspecified atom stereocenters. The van der Waals surface area contributed by atoms with Gasteiger partial charge in [-0.3, -0.25) is 0 Å². The van der Waals surface area contributed by atoms with Crippen LogP contribution in [0, 0.1) is 0 Å². The van der Waals surface area contributed by atoms with Crippen LogP contribution in [0.15, 0.2) is 40.8 Å². The first kappa shape index (κ1) is 13.4. The van der Waals surface area contributed by atoms with Crippen molar-refractivity contribution in [1.29, 1.82) is 0 Å². The SMILES string of the molecule is CCCNCc1ccc(-c2cccc(C3CCC3)c2)o1. The van der Waals surface area contributed by atoms with Gasteiger partial charge in [0.1, 0.15) is 11.5 Å². The summed E-state index contributed by atoms with van der Waals surface area (Å²) in [7, 11) is 0. The maximum atomic E-state index is 5.94. The molecule has 1 aromatic carbocycles. The van der Waals surface area contributed by atoms with E-state index in [4.69, 9.17) is 4.42 Å². The van der Waals surface area contributed by atoms with Gasteiger partial charge < -0.3 is 9.73 Å². The van der Waals surface area contributed by atoms with Crippen molar-refractivity contribution in [3.63, 3.8) is 0 Å². The van der Waals surface area contributed by atoms with Gasteiger partial charge in [0.25, 0.3) is 0 Å². The van der Waals surface area contributed by atoms with Crippen LogP contribution in [0.25, 0.3) is 11.3 Å². The number of furan rings is 1. The highest BCUT2D eigenvalue weighted by atomic mass is 16.3. The van der Waals surface area contributed by atoms with E-state index in [0.717, 1.165) is 36.9 Å². The average Bonchev–Trinajstić information content (AvgIpc) is 2.86. The summed E-state index contributed by atoms with van der Waals surface area (Å²) in [5.41, 5.74) is 2.67. The molecule has 1 aromatic heterocycles. The molecule has 106 valence electrons. The van der Waals surface area contributed by atoms with Gasteiger partial charge in [0.2, 0.25) is 0 Å². The molecule has 2 heteroatoms. The molecule has 2 nitrogen and oxygen atoms in total. The van der Waals surface area contributed by atoms with Crippen LogP contribution < -0.4 is 5.32 Å². The smallest absolute Gasteiger partial charge is 0.134 e. The Morgan fingerprint density at radius 1 is 1.20 bits per heavy atom. The van der Waals surface area contributed by atoms with Crippen molar-refractivity contribution in [2.24, 2.45) is 0 Å². The molecule has 20 heavy (non-hydrogen) atoms. The Kier molecular flexibility index (Phi) is 4.22. The predicted octanol–water partition coefficient (Wildman–Crippen LogP) is 4.71. The lowest BCUT2D eigenvalue weighted by Crippen LogP contribution is -2.12. The van der Waals surface area contributed by atoms with Crippen molar-refractivity contribution in [3.8, 4) is 11.3 Å². The maximum Gasteiger partial charge on any atom is 0.134 e. The Balaban J connectivity index is 1.72. The maximum absolute atomic E-state index is 5.94. The quantitative estimate of drug-likeness (QED) is 0.768. The molecule has 3 rings (SSSR count). The van der Waals surface area contributed by atoms with E-state index in [1.165, 1.54) is 30.4 Å². The van der Waals surface area contributed by atoms with Gasteiger partial charge in [0.15, 0.2) is 0 Å². The second kappa shape index (κ2) is 6.27. The molecule has 1 aliphatic carbocycles. The highest BCUT2D eigenvalue weighted by molar-refractivity contribution is 5.59. The minimum absolute atomic E-state index is 0.774. The van der Waals surface area contributed by atoms with Gasteiger partial charge in [-0.2, -0.15) is 0 Å². The van der Waals surface area contributed by atoms with Gasteiger partial charge in [-0.15, -0.1) is 0 Å². The van der Waals surface area contributed by atoms with Gasteiger partial charge in [-0.1, -0.05) is 31.5 Å². The Bertz CT molecular complexity index is 554. The summed E-state index contributed by atoms with van der Waals surface area (Å²) in [5, 5.41) is 3.37. The second-order valence-electron chi connectivity index (χ2n) is 5.70. The second-order valence-corrected chi connectivity index (χ2v) is 5.70. The van der Waals surface area contributed by atoms with Gasteiger partial charge in [0, 0.05) is 5.56 Å². The number of hydrogen-bond acceptors (Lipinski definition) is 2. The first-order chi connectivity index (χ1) is 9.86. The summed E-state index contributed by atoms with van der Waals surface area (Å²) >= 11 is 0. The number of nitrogens with one attached hydrogen (secondary N) is 1. The fourth-order valence-corrected chi connectivity index (χ4v) is 2.70. The Morgan fingerprint density at radius 2 is 2.10 bits per heavy atom. The standard InChI is InChI=1S/C18H23NO/c1-2-11-19-13-17-9-10-18(20-17)16-8-4-7-15(12-16)14-5-3-6-14/h4,7-10,12,14,19H,2-3,5-6,11,13H2,1H3. The molecule has 1 aliphatic rings. The third-order valence-electron chi connectivity index (χ3n) is 4.14. The Hall–Kier alpha value is -1.54. The third kappa shape index (κ3) is 2.96. The van der Waals surface area contributed by atoms with E-state index >= 15 is 0 Å². The van der Waals surface area contributed by atoms with Crippen molar-refractivity contribution in [2.45, 2.75) is 45.1 Å². The predicted molar refractivity (Wildman–Crippen MR) is 82.7 cm³/mol. The minimum Gasteiger partial charge on any atom is -0.460 e. The van der Waals surface area contributed by atoms with Crippen LogP contribution in [-0.4, -0.2) is 6.54 Å². The molecule has 1 fully saturated rings. The fraction of sp³-hybridized carbons (Fsp3) is 0.444. The van der Waals surface area contributed by atoms with Crippen molar-refractivity contribution in [1.82, 2.24) is 5.32 Å². The largest absolute Gasteiger partial charge is 0.460 e. The van der Waals surface area contributed by atoms with E-state index < -0.39 is 0 Å². The van der Waals surface area contributed by atoms with Crippen molar-refractivity contribution in [3.05, 3.63) is 47.7 Å². The number of rotatable bonds is 6. The molecular formula is C18H23NO. The zero-order valence-corrected chi connectivity index (χ0v) is 12.2. The van der Waals surface area contributed by atoms with Crippen molar-refractivity contribution >= 4 is 0 Å². The molecule has 0 amide bonds. The van der Waals surface area contributed by atoms with Gasteiger partial charge in [-0.25, -0.2) is 0 Å². The van der Waals surface area contributed by atoms with Gasteiger partial charge in [0.05, 0.1) is 6.54 Å². The molecule has 0 aliphatic heterocycles. The van der Waals surface area contributed by atoms with Crippen LogP contribution in [0.3, 0.4) is 0 Å². The molecule has 0 bridgehead atoms. The molecule has 0 atom stereocenters. The monoisotopic (exact) mass is 269 g/mol. The van der Waals surface area contributed by atoms with Crippen molar-refractivity contribution in [2.75, 3.05) is 6.54 Å². The fourth-order valence-electron chi connectivity index (χ4n) is 2.70. The van der Waals surface area contributed by atoms with Crippen LogP contribution in [-0.2, 0) is 6.54 Å². The van der Waals surface area contributed by atoms with Crippen LogP contribution in [0.1, 0.15) is 49.8 Å². The van der Waals surface area contributed by atoms with Gasteiger partial charge in [-0.05, 0) is 55.5 Å². The van der Waals surface area contributed by atoms with Crippen LogP contribution in [0.5, 0.6) is 0 Å². The topological polar surface area (TPSA) is 25.2 Å². The summed E-state index contributed by atoms with van der Waals surface area (Å²) in [6, 6.07) is 13.0. The lowest BCUT2D eigenvalue weighted by Gasteiger charge is -2.26. The van der Waals surface area contributed by atoms with Crippen molar-refractivity contribution < 1.29 is 4.42 Å². The highest BCUT2D eigenvalue weighted by Gasteiger charge is 2.19. The van der Waals surface area contributed by atoms with E-state index in [1.807, 2.05) is 0 Å². The first-order valence-corrected chi connectivity index (χ1v) is 7.76. The van der Waals surface area contributed by atoms with Crippen LogP contribution >= 0.6 is 0 Å². The summed E-state index contributed by atoms with van der Waals surface area (Å²) in [6.07, 6.45) is 5.21. The molecule has 0 saturated heterocycles. The van der Waals surface area contributed by atoms with E-state index in [0.29, 0.717) is 0 Å². The summed E-state index contributed by atoms with van der Waals surface area (Å²) < 4.78 is 5.94. The lowest BCUT2D eigenvalue weighted by atomic mass is 9.79. The normalized spacial score (nSPS) is 15.2. The molecule has 1 N–H and O–H groups in total. The Morgan fingerprint density at radius 3 is 2.85 bits per heavy atom. The molecular weight excluding hydrogens is 246 g/mol. The molecule has 1 saturated carbocycles. The Labute approximate surface area is 121 Å². The molecule has 0 radical (unpaired) electrons. The molecule has 2 aromatic rings. The summed E-state index contributed by atoms with van der Waals surface area (Å²) in [6.45, 7) is 4.02. The minimum atomic E-state index is 0.774. The van der Waals surface area contributed by atoms with Crippen LogP contribution in [0.2, 0.25) is 0 Å². The zero-order chi connectivity index (χ0) is 13.8. The zero-order valence-electron chi connectivity index (χ0n) is 12.2. The van der Waals surface area contributed by atoms with E-state index in [2.05, 4.69) is 48.6 Å². The van der Waals surface area contributed by atoms with Crippen LogP contribution in [0.4, 0.5) is 0 Å². The summed E-state index contributed by atoms with van der Waals surface area (Å²) in [4.78, 5) is 0. The first-order valence-electron chi connectivity index (χ1n) is 7.76. The van der Waals surface area contributed by atoms with E-state index in [1.54, 1.807) is 0 Å². The molecule has 0 spiro atoms. The van der Waals surface area contributed by atoms with E-state index in [-0.39, 0.29) is 0 Å². The highest BCUT2D eigenvalue weighted by Crippen LogP contribution is 2.37. The lowest BCUT2D eigenvalue weighted by molar-refractivity contribution is 0.419. The summed E-state index contributed by atoms with van der Waals surface area (Å²) in [5.74, 6) is 2.78. The number of benzene rings is 1.